The number of sulfone groups is 1. The summed E-state index contributed by atoms with van der Waals surface area (Å²) in [7, 11) is -3.36. The van der Waals surface area contributed by atoms with Crippen LogP contribution in [0.3, 0.4) is 0 Å². The lowest BCUT2D eigenvalue weighted by atomic mass is 9.76. The number of hydrazone groups is 1. The largest absolute Gasteiger partial charge is 0.324 e. The Balaban J connectivity index is 1.58. The average molecular weight is 482 g/mol. The van der Waals surface area contributed by atoms with Gasteiger partial charge in [-0.1, -0.05) is 60.1 Å². The highest BCUT2D eigenvalue weighted by atomic mass is 35.5. The van der Waals surface area contributed by atoms with Crippen molar-refractivity contribution in [2.45, 2.75) is 17.2 Å². The van der Waals surface area contributed by atoms with E-state index in [1.807, 2.05) is 42.5 Å². The fourth-order valence-electron chi connectivity index (χ4n) is 4.01. The highest BCUT2D eigenvalue weighted by Crippen LogP contribution is 2.35. The van der Waals surface area contributed by atoms with Gasteiger partial charge in [0.1, 0.15) is 6.54 Å². The van der Waals surface area contributed by atoms with Crippen LogP contribution < -0.4 is 5.32 Å². The lowest BCUT2D eigenvalue weighted by Crippen LogP contribution is -2.38. The minimum absolute atomic E-state index is 0.0304. The summed E-state index contributed by atoms with van der Waals surface area (Å²) in [5.41, 5.74) is 2.90. The van der Waals surface area contributed by atoms with Crippen LogP contribution in [0, 0.1) is 0 Å². The molecule has 1 aliphatic heterocycles. The summed E-state index contributed by atoms with van der Waals surface area (Å²) in [5, 5.41) is 9.97. The third-order valence-electron chi connectivity index (χ3n) is 5.66. The van der Waals surface area contributed by atoms with Crippen LogP contribution in [0.2, 0.25) is 5.02 Å². The minimum atomic E-state index is -3.36. The molecule has 6 nitrogen and oxygen atoms in total. The molecule has 1 amide bonds. The molecule has 0 saturated carbocycles. The zero-order chi connectivity index (χ0) is 23.6. The summed E-state index contributed by atoms with van der Waals surface area (Å²) in [4.78, 5) is 12.9. The van der Waals surface area contributed by atoms with Crippen LogP contribution in [0.4, 0.5) is 5.69 Å². The maximum Gasteiger partial charge on any atom is 0.245 e. The predicted molar refractivity (Wildman–Crippen MR) is 132 cm³/mol. The molecule has 170 valence electrons. The number of amides is 1. The Morgan fingerprint density at radius 1 is 1.06 bits per heavy atom. The normalized spacial score (nSPS) is 18.2. The molecular weight excluding hydrogens is 458 g/mol. The minimum Gasteiger partial charge on any atom is -0.324 e. The Hall–Kier alpha value is -3.16. The van der Waals surface area contributed by atoms with Crippen molar-refractivity contribution in [1.82, 2.24) is 5.01 Å². The van der Waals surface area contributed by atoms with E-state index in [4.69, 9.17) is 16.7 Å². The van der Waals surface area contributed by atoms with Crippen molar-refractivity contribution in [2.24, 2.45) is 5.10 Å². The molecule has 0 spiro atoms. The molecular formula is C25H24ClN3O3S. The van der Waals surface area contributed by atoms with E-state index in [-0.39, 0.29) is 17.3 Å². The van der Waals surface area contributed by atoms with Gasteiger partial charge in [0.15, 0.2) is 9.84 Å². The molecule has 8 heteroatoms. The van der Waals surface area contributed by atoms with Crippen molar-refractivity contribution in [3.63, 3.8) is 0 Å². The molecule has 0 saturated heterocycles. The lowest BCUT2D eigenvalue weighted by Gasteiger charge is -2.27. The molecule has 1 aliphatic rings. The molecule has 33 heavy (non-hydrogen) atoms. The van der Waals surface area contributed by atoms with Crippen LogP contribution >= 0.6 is 11.6 Å². The molecule has 0 aliphatic carbocycles. The molecule has 1 unspecified atom stereocenters. The second kappa shape index (κ2) is 9.00. The van der Waals surface area contributed by atoms with Gasteiger partial charge in [-0.25, -0.2) is 8.42 Å². The van der Waals surface area contributed by atoms with Crippen LogP contribution in [0.15, 0.2) is 88.9 Å². The summed E-state index contributed by atoms with van der Waals surface area (Å²) >= 11 is 6.08. The molecule has 1 atom stereocenters. The lowest BCUT2D eigenvalue weighted by molar-refractivity contribution is -0.117. The number of hydrogen-bond acceptors (Lipinski definition) is 5. The van der Waals surface area contributed by atoms with E-state index >= 15 is 0 Å². The SMILES string of the molecule is CC1(c2ccccc2)CN(CC(=O)Nc2cccc(S(C)(=O)=O)c2)N=C1c1ccc(Cl)cc1. The second-order valence-electron chi connectivity index (χ2n) is 8.32. The van der Waals surface area contributed by atoms with Crippen molar-refractivity contribution in [3.8, 4) is 0 Å². The Bertz CT molecular complexity index is 1310. The summed E-state index contributed by atoms with van der Waals surface area (Å²) in [6, 6.07) is 23.8. The number of hydrogen-bond donors (Lipinski definition) is 1. The van der Waals surface area contributed by atoms with E-state index in [0.717, 1.165) is 23.1 Å². The van der Waals surface area contributed by atoms with Gasteiger partial charge >= 0.3 is 0 Å². The Kier molecular flexibility index (Phi) is 6.28. The van der Waals surface area contributed by atoms with Gasteiger partial charge in [0.2, 0.25) is 5.91 Å². The highest BCUT2D eigenvalue weighted by Gasteiger charge is 2.41. The first-order valence-corrected chi connectivity index (χ1v) is 12.7. The molecule has 1 N–H and O–H groups in total. The van der Waals surface area contributed by atoms with Crippen LogP contribution in [-0.2, 0) is 20.0 Å². The third-order valence-corrected chi connectivity index (χ3v) is 7.03. The van der Waals surface area contributed by atoms with Gasteiger partial charge in [-0.3, -0.25) is 9.80 Å². The molecule has 3 aromatic rings. The maximum absolute atomic E-state index is 12.8. The molecule has 4 rings (SSSR count). The van der Waals surface area contributed by atoms with Crippen LogP contribution in [0.5, 0.6) is 0 Å². The summed E-state index contributed by atoms with van der Waals surface area (Å²) in [5.74, 6) is -0.280. The van der Waals surface area contributed by atoms with Crippen molar-refractivity contribution in [1.29, 1.82) is 0 Å². The van der Waals surface area contributed by atoms with Gasteiger partial charge in [0, 0.05) is 17.0 Å². The van der Waals surface area contributed by atoms with E-state index < -0.39 is 15.3 Å². The summed E-state index contributed by atoms with van der Waals surface area (Å²) in [6.07, 6.45) is 1.13. The number of rotatable bonds is 6. The zero-order valence-electron chi connectivity index (χ0n) is 18.3. The predicted octanol–water partition coefficient (Wildman–Crippen LogP) is 4.36. The van der Waals surface area contributed by atoms with Crippen molar-refractivity contribution < 1.29 is 13.2 Å². The fraction of sp³-hybridized carbons (Fsp3) is 0.200. The first-order chi connectivity index (χ1) is 15.6. The van der Waals surface area contributed by atoms with Crippen LogP contribution in [-0.4, -0.2) is 44.4 Å². The number of anilines is 1. The maximum atomic E-state index is 12.8. The van der Waals surface area contributed by atoms with Gasteiger partial charge in [0.05, 0.1) is 22.6 Å². The van der Waals surface area contributed by atoms with Crippen molar-refractivity contribution in [3.05, 3.63) is 95.0 Å². The Morgan fingerprint density at radius 3 is 2.42 bits per heavy atom. The Morgan fingerprint density at radius 2 is 1.76 bits per heavy atom. The van der Waals surface area contributed by atoms with E-state index in [2.05, 4.69) is 24.4 Å². The zero-order valence-corrected chi connectivity index (χ0v) is 19.9. The average Bonchev–Trinajstić information content (AvgIpc) is 3.11. The molecule has 0 radical (unpaired) electrons. The Labute approximate surface area is 198 Å². The monoisotopic (exact) mass is 481 g/mol. The second-order valence-corrected chi connectivity index (χ2v) is 10.8. The molecule has 0 fully saturated rings. The molecule has 1 heterocycles. The van der Waals surface area contributed by atoms with E-state index in [1.54, 1.807) is 17.1 Å². The summed E-state index contributed by atoms with van der Waals surface area (Å²) in [6.45, 7) is 2.66. The van der Waals surface area contributed by atoms with E-state index in [0.29, 0.717) is 17.3 Å². The van der Waals surface area contributed by atoms with Crippen molar-refractivity contribution in [2.75, 3.05) is 24.7 Å². The summed E-state index contributed by atoms with van der Waals surface area (Å²) < 4.78 is 23.6. The number of nitrogens with zero attached hydrogens (tertiary/aromatic N) is 2. The smallest absolute Gasteiger partial charge is 0.245 e. The topological polar surface area (TPSA) is 78.8 Å². The first kappa shape index (κ1) is 23.0. The van der Waals surface area contributed by atoms with Gasteiger partial charge in [-0.05, 0) is 48.4 Å². The fourth-order valence-corrected chi connectivity index (χ4v) is 4.80. The number of benzene rings is 3. The highest BCUT2D eigenvalue weighted by molar-refractivity contribution is 7.90. The molecule has 3 aromatic carbocycles. The van der Waals surface area contributed by atoms with E-state index in [1.165, 1.54) is 12.1 Å². The number of halogens is 1. The molecule has 0 aromatic heterocycles. The quantitative estimate of drug-likeness (QED) is 0.567. The van der Waals surface area contributed by atoms with Crippen LogP contribution in [0.25, 0.3) is 0 Å². The van der Waals surface area contributed by atoms with Gasteiger partial charge < -0.3 is 5.32 Å². The van der Waals surface area contributed by atoms with Gasteiger partial charge in [-0.2, -0.15) is 5.10 Å². The number of carbonyl (C=O) groups is 1. The van der Waals surface area contributed by atoms with E-state index in [9.17, 15) is 13.2 Å². The number of carbonyl (C=O) groups excluding carboxylic acids is 1. The standard InChI is InChI=1S/C25H24ClN3O3S/c1-25(19-7-4-3-5-8-19)17-29(28-24(25)18-11-13-20(26)14-12-18)16-23(30)27-21-9-6-10-22(15-21)33(2,31)32/h3-15H,16-17H2,1-2H3,(H,27,30). The van der Waals surface area contributed by atoms with Crippen LogP contribution in [0.1, 0.15) is 18.1 Å². The first-order valence-electron chi connectivity index (χ1n) is 10.4. The van der Waals surface area contributed by atoms with Crippen molar-refractivity contribution >= 4 is 38.7 Å². The van der Waals surface area contributed by atoms with Gasteiger partial charge in [-0.15, -0.1) is 0 Å². The van der Waals surface area contributed by atoms with Gasteiger partial charge in [0.25, 0.3) is 0 Å². The molecule has 0 bridgehead atoms. The number of nitrogens with one attached hydrogen (secondary N) is 1. The third kappa shape index (κ3) is 5.10.